The molecule has 0 aliphatic carbocycles. The fraction of sp³-hybridized carbons (Fsp3) is 0.188. The molecule has 0 fully saturated rings. The summed E-state index contributed by atoms with van der Waals surface area (Å²) in [7, 11) is 0. The molecule has 6 nitrogen and oxygen atoms in total. The molecule has 0 unspecified atom stereocenters. The summed E-state index contributed by atoms with van der Waals surface area (Å²) in [5.41, 5.74) is 3.60. The predicted molar refractivity (Wildman–Crippen MR) is 82.8 cm³/mol. The van der Waals surface area contributed by atoms with Crippen molar-refractivity contribution in [1.29, 1.82) is 0 Å². The number of hydrogen-bond acceptors (Lipinski definition) is 4. The SMILES string of the molecule is CC(C)c1[nH]nc2nccc(-n3cnc(-c4ccco4)c3)c12. The number of aromatic amines is 1. The first-order chi connectivity index (χ1) is 10.7. The van der Waals surface area contributed by atoms with E-state index in [0.29, 0.717) is 5.92 Å². The summed E-state index contributed by atoms with van der Waals surface area (Å²) in [6, 6.07) is 5.72. The maximum atomic E-state index is 5.40. The average Bonchev–Trinajstić information content (AvgIpc) is 3.25. The van der Waals surface area contributed by atoms with Crippen LogP contribution in [0.3, 0.4) is 0 Å². The zero-order chi connectivity index (χ0) is 15.1. The second kappa shape index (κ2) is 4.84. The molecule has 0 atom stereocenters. The summed E-state index contributed by atoms with van der Waals surface area (Å²) in [5.74, 6) is 1.08. The van der Waals surface area contributed by atoms with E-state index in [2.05, 4.69) is 34.0 Å². The van der Waals surface area contributed by atoms with E-state index >= 15 is 0 Å². The minimum absolute atomic E-state index is 0.334. The Morgan fingerprint density at radius 2 is 2.14 bits per heavy atom. The second-order valence-electron chi connectivity index (χ2n) is 5.46. The highest BCUT2D eigenvalue weighted by molar-refractivity contribution is 5.87. The van der Waals surface area contributed by atoms with Gasteiger partial charge in [-0.1, -0.05) is 13.8 Å². The highest BCUT2D eigenvalue weighted by atomic mass is 16.3. The third-order valence-corrected chi connectivity index (χ3v) is 3.67. The van der Waals surface area contributed by atoms with Crippen LogP contribution in [0, 0.1) is 0 Å². The first kappa shape index (κ1) is 12.8. The second-order valence-corrected chi connectivity index (χ2v) is 5.46. The summed E-state index contributed by atoms with van der Waals surface area (Å²) < 4.78 is 7.37. The lowest BCUT2D eigenvalue weighted by Gasteiger charge is -2.07. The van der Waals surface area contributed by atoms with E-state index in [1.54, 1.807) is 18.8 Å². The smallest absolute Gasteiger partial charge is 0.183 e. The third-order valence-electron chi connectivity index (χ3n) is 3.67. The molecule has 22 heavy (non-hydrogen) atoms. The monoisotopic (exact) mass is 293 g/mol. The molecule has 0 aliphatic heterocycles. The van der Waals surface area contributed by atoms with Gasteiger partial charge in [-0.2, -0.15) is 5.10 Å². The highest BCUT2D eigenvalue weighted by Gasteiger charge is 2.15. The van der Waals surface area contributed by atoms with E-state index in [9.17, 15) is 0 Å². The highest BCUT2D eigenvalue weighted by Crippen LogP contribution is 2.28. The van der Waals surface area contributed by atoms with E-state index in [4.69, 9.17) is 4.42 Å². The topological polar surface area (TPSA) is 72.5 Å². The molecule has 0 saturated carbocycles. The Kier molecular flexibility index (Phi) is 2.82. The Morgan fingerprint density at radius 3 is 2.91 bits per heavy atom. The molecule has 0 aliphatic rings. The third kappa shape index (κ3) is 1.92. The Bertz CT molecular complexity index is 917. The van der Waals surface area contributed by atoms with Crippen LogP contribution in [-0.4, -0.2) is 24.7 Å². The Labute approximate surface area is 126 Å². The van der Waals surface area contributed by atoms with Crippen LogP contribution in [0.5, 0.6) is 0 Å². The summed E-state index contributed by atoms with van der Waals surface area (Å²) in [4.78, 5) is 8.75. The van der Waals surface area contributed by atoms with Gasteiger partial charge in [0.15, 0.2) is 11.4 Å². The molecular formula is C16H15N5O. The predicted octanol–water partition coefficient (Wildman–Crippen LogP) is 3.53. The van der Waals surface area contributed by atoms with Crippen LogP contribution in [0.25, 0.3) is 28.2 Å². The van der Waals surface area contributed by atoms with Gasteiger partial charge in [0.25, 0.3) is 0 Å². The van der Waals surface area contributed by atoms with Crippen molar-refractivity contribution >= 4 is 11.0 Å². The van der Waals surface area contributed by atoms with Gasteiger partial charge in [-0.3, -0.25) is 5.10 Å². The van der Waals surface area contributed by atoms with Gasteiger partial charge < -0.3 is 8.98 Å². The number of furan rings is 1. The molecular weight excluding hydrogens is 278 g/mol. The van der Waals surface area contributed by atoms with Crippen molar-refractivity contribution in [1.82, 2.24) is 24.7 Å². The summed E-state index contributed by atoms with van der Waals surface area (Å²) in [6.07, 6.45) is 7.13. The summed E-state index contributed by atoms with van der Waals surface area (Å²) in [5, 5.41) is 8.42. The van der Waals surface area contributed by atoms with Gasteiger partial charge in [0.05, 0.1) is 17.3 Å². The minimum Gasteiger partial charge on any atom is -0.463 e. The number of nitrogens with zero attached hydrogens (tertiary/aromatic N) is 4. The van der Waals surface area contributed by atoms with Crippen molar-refractivity contribution < 1.29 is 4.42 Å². The molecule has 0 saturated heterocycles. The largest absolute Gasteiger partial charge is 0.463 e. The number of aromatic nitrogens is 5. The van der Waals surface area contributed by atoms with Crippen molar-refractivity contribution in [3.8, 4) is 17.1 Å². The molecule has 0 amide bonds. The van der Waals surface area contributed by atoms with Crippen molar-refractivity contribution in [2.24, 2.45) is 0 Å². The molecule has 0 aromatic carbocycles. The van der Waals surface area contributed by atoms with E-state index in [1.165, 1.54) is 0 Å². The van der Waals surface area contributed by atoms with Gasteiger partial charge in [0.2, 0.25) is 0 Å². The first-order valence-corrected chi connectivity index (χ1v) is 7.15. The molecule has 4 heterocycles. The molecule has 6 heteroatoms. The molecule has 4 aromatic rings. The molecule has 110 valence electrons. The van der Waals surface area contributed by atoms with Crippen LogP contribution in [-0.2, 0) is 0 Å². The van der Waals surface area contributed by atoms with Gasteiger partial charge in [-0.25, -0.2) is 9.97 Å². The number of imidazole rings is 1. The maximum absolute atomic E-state index is 5.40. The summed E-state index contributed by atoms with van der Waals surface area (Å²) >= 11 is 0. The summed E-state index contributed by atoms with van der Waals surface area (Å²) in [6.45, 7) is 4.26. The van der Waals surface area contributed by atoms with E-state index < -0.39 is 0 Å². The maximum Gasteiger partial charge on any atom is 0.183 e. The Hall–Kier alpha value is -2.89. The molecule has 4 rings (SSSR count). The zero-order valence-electron chi connectivity index (χ0n) is 12.3. The lowest BCUT2D eigenvalue weighted by atomic mass is 10.1. The number of nitrogens with one attached hydrogen (secondary N) is 1. The van der Waals surface area contributed by atoms with E-state index in [0.717, 1.165) is 33.9 Å². The minimum atomic E-state index is 0.334. The van der Waals surface area contributed by atoms with Crippen LogP contribution < -0.4 is 0 Å². The fourth-order valence-corrected chi connectivity index (χ4v) is 2.59. The Morgan fingerprint density at radius 1 is 1.23 bits per heavy atom. The average molecular weight is 293 g/mol. The molecule has 0 bridgehead atoms. The lowest BCUT2D eigenvalue weighted by molar-refractivity contribution is 0.580. The van der Waals surface area contributed by atoms with Crippen LogP contribution in [0.2, 0.25) is 0 Å². The molecule has 1 N–H and O–H groups in total. The number of rotatable bonds is 3. The van der Waals surface area contributed by atoms with Gasteiger partial charge >= 0.3 is 0 Å². The number of fused-ring (bicyclic) bond motifs is 1. The Balaban J connectivity index is 1.89. The fourth-order valence-electron chi connectivity index (χ4n) is 2.59. The van der Waals surface area contributed by atoms with Gasteiger partial charge in [-0.05, 0) is 24.1 Å². The van der Waals surface area contributed by atoms with Crippen LogP contribution in [0.1, 0.15) is 25.5 Å². The molecule has 0 radical (unpaired) electrons. The van der Waals surface area contributed by atoms with Crippen molar-refractivity contribution in [3.05, 3.63) is 48.9 Å². The number of hydrogen-bond donors (Lipinski definition) is 1. The normalized spacial score (nSPS) is 11.6. The van der Waals surface area contributed by atoms with Crippen molar-refractivity contribution in [3.63, 3.8) is 0 Å². The van der Waals surface area contributed by atoms with E-state index in [-0.39, 0.29) is 0 Å². The van der Waals surface area contributed by atoms with Gasteiger partial charge in [0.1, 0.15) is 12.0 Å². The lowest BCUT2D eigenvalue weighted by Crippen LogP contribution is -1.95. The number of H-pyrrole nitrogens is 1. The standard InChI is InChI=1S/C16H15N5O/c1-10(2)15-14-12(5-6-17-16(14)20-19-15)21-8-11(18-9-21)13-4-3-7-22-13/h3-10H,1-2H3,(H,17,19,20). The first-order valence-electron chi connectivity index (χ1n) is 7.15. The molecule has 4 aromatic heterocycles. The van der Waals surface area contributed by atoms with Crippen LogP contribution in [0.4, 0.5) is 0 Å². The van der Waals surface area contributed by atoms with Gasteiger partial charge in [-0.15, -0.1) is 0 Å². The van der Waals surface area contributed by atoms with Crippen LogP contribution in [0.15, 0.2) is 47.6 Å². The number of pyridine rings is 1. The quantitative estimate of drug-likeness (QED) is 0.627. The van der Waals surface area contributed by atoms with Gasteiger partial charge in [0, 0.05) is 18.1 Å². The van der Waals surface area contributed by atoms with Crippen LogP contribution >= 0.6 is 0 Å². The van der Waals surface area contributed by atoms with E-state index in [1.807, 2.05) is 29.0 Å². The van der Waals surface area contributed by atoms with Crippen molar-refractivity contribution in [2.45, 2.75) is 19.8 Å². The zero-order valence-corrected chi connectivity index (χ0v) is 12.3. The molecule has 0 spiro atoms. The van der Waals surface area contributed by atoms with Crippen molar-refractivity contribution in [2.75, 3.05) is 0 Å².